The van der Waals surface area contributed by atoms with Crippen LogP contribution in [0, 0.1) is 0 Å². The van der Waals surface area contributed by atoms with Gasteiger partial charge >= 0.3 is 0 Å². The molecule has 0 radical (unpaired) electrons. The topological polar surface area (TPSA) is 47.5 Å². The summed E-state index contributed by atoms with van der Waals surface area (Å²) in [6.45, 7) is 0.951. The molecule has 0 N–H and O–H groups in total. The third kappa shape index (κ3) is 3.49. The molecular weight excluding hydrogens is 310 g/mol. The van der Waals surface area contributed by atoms with Gasteiger partial charge < -0.3 is 14.4 Å². The zero-order chi connectivity index (χ0) is 13.7. The molecule has 1 fully saturated rings. The van der Waals surface area contributed by atoms with Crippen molar-refractivity contribution in [1.82, 2.24) is 9.97 Å². The molecule has 0 spiro atoms. The lowest BCUT2D eigenvalue weighted by Crippen LogP contribution is -2.42. The number of anilines is 1. The van der Waals surface area contributed by atoms with Crippen LogP contribution in [0.15, 0.2) is 6.07 Å². The minimum absolute atomic E-state index is 0.546. The van der Waals surface area contributed by atoms with E-state index in [1.807, 2.05) is 0 Å². The average molecular weight is 330 g/mol. The molecular formula is C13H20BrN3O2. The molecule has 1 saturated carbocycles. The predicted molar refractivity (Wildman–Crippen MR) is 78.5 cm³/mol. The lowest BCUT2D eigenvalue weighted by Gasteiger charge is -2.37. The van der Waals surface area contributed by atoms with Crippen LogP contribution in [0.2, 0.25) is 0 Å². The Bertz CT molecular complexity index is 391. The SMILES string of the molecule is COc1cc(OC)nc(N(CCCBr)C2CCC2)n1. The van der Waals surface area contributed by atoms with Gasteiger partial charge in [0.1, 0.15) is 0 Å². The smallest absolute Gasteiger partial charge is 0.232 e. The van der Waals surface area contributed by atoms with E-state index in [4.69, 9.17) is 9.47 Å². The second-order valence-electron chi connectivity index (χ2n) is 4.57. The van der Waals surface area contributed by atoms with E-state index in [0.717, 1.165) is 18.3 Å². The van der Waals surface area contributed by atoms with Crippen LogP contribution in [0.1, 0.15) is 25.7 Å². The molecule has 0 aromatic carbocycles. The molecule has 6 heteroatoms. The normalized spacial score (nSPS) is 14.9. The third-order valence-corrected chi connectivity index (χ3v) is 3.95. The van der Waals surface area contributed by atoms with Crippen molar-refractivity contribution in [3.05, 3.63) is 6.07 Å². The van der Waals surface area contributed by atoms with Crippen molar-refractivity contribution in [2.75, 3.05) is 31.0 Å². The zero-order valence-corrected chi connectivity index (χ0v) is 13.0. The number of ether oxygens (including phenoxy) is 2. The number of rotatable bonds is 7. The molecule has 0 saturated heterocycles. The van der Waals surface area contributed by atoms with Crippen molar-refractivity contribution in [2.24, 2.45) is 0 Å². The van der Waals surface area contributed by atoms with E-state index in [1.54, 1.807) is 20.3 Å². The first-order valence-electron chi connectivity index (χ1n) is 6.58. The molecule has 1 aliphatic carbocycles. The van der Waals surface area contributed by atoms with Gasteiger partial charge in [-0.15, -0.1) is 0 Å². The fraction of sp³-hybridized carbons (Fsp3) is 0.692. The first-order valence-corrected chi connectivity index (χ1v) is 7.70. The Labute approximate surface area is 122 Å². The molecule has 0 aliphatic heterocycles. The Morgan fingerprint density at radius 1 is 1.26 bits per heavy atom. The second-order valence-corrected chi connectivity index (χ2v) is 5.37. The zero-order valence-electron chi connectivity index (χ0n) is 11.4. The van der Waals surface area contributed by atoms with E-state index >= 15 is 0 Å². The van der Waals surface area contributed by atoms with Crippen LogP contribution >= 0.6 is 15.9 Å². The molecule has 2 rings (SSSR count). The first-order chi connectivity index (χ1) is 9.28. The van der Waals surface area contributed by atoms with Crippen LogP contribution in [-0.4, -0.2) is 42.1 Å². The fourth-order valence-corrected chi connectivity index (χ4v) is 2.36. The van der Waals surface area contributed by atoms with Crippen molar-refractivity contribution in [3.63, 3.8) is 0 Å². The minimum Gasteiger partial charge on any atom is -0.481 e. The Balaban J connectivity index is 2.23. The summed E-state index contributed by atoms with van der Waals surface area (Å²) in [4.78, 5) is 11.2. The molecule has 106 valence electrons. The van der Waals surface area contributed by atoms with Crippen molar-refractivity contribution in [3.8, 4) is 11.8 Å². The summed E-state index contributed by atoms with van der Waals surface area (Å²) >= 11 is 3.48. The molecule has 1 aromatic heterocycles. The number of halogens is 1. The second kappa shape index (κ2) is 6.93. The highest BCUT2D eigenvalue weighted by molar-refractivity contribution is 9.09. The monoisotopic (exact) mass is 329 g/mol. The van der Waals surface area contributed by atoms with Crippen LogP contribution in [-0.2, 0) is 0 Å². The van der Waals surface area contributed by atoms with Crippen LogP contribution in [0.25, 0.3) is 0 Å². The maximum absolute atomic E-state index is 5.22. The number of hydrogen-bond acceptors (Lipinski definition) is 5. The van der Waals surface area contributed by atoms with Gasteiger partial charge in [0, 0.05) is 17.9 Å². The summed E-state index contributed by atoms with van der Waals surface area (Å²) in [6.07, 6.45) is 4.78. The average Bonchev–Trinajstić information content (AvgIpc) is 2.40. The van der Waals surface area contributed by atoms with E-state index in [9.17, 15) is 0 Å². The Kier molecular flexibility index (Phi) is 5.24. The van der Waals surface area contributed by atoms with Gasteiger partial charge in [0.05, 0.1) is 20.3 Å². The van der Waals surface area contributed by atoms with Crippen LogP contribution in [0.5, 0.6) is 11.8 Å². The summed E-state index contributed by atoms with van der Waals surface area (Å²) in [5, 5.41) is 0.983. The summed E-state index contributed by atoms with van der Waals surface area (Å²) in [6, 6.07) is 2.25. The maximum Gasteiger partial charge on any atom is 0.232 e. The van der Waals surface area contributed by atoms with Gasteiger partial charge in [-0.25, -0.2) is 0 Å². The van der Waals surface area contributed by atoms with E-state index in [0.29, 0.717) is 23.8 Å². The lowest BCUT2D eigenvalue weighted by atomic mass is 9.91. The van der Waals surface area contributed by atoms with E-state index < -0.39 is 0 Å². The maximum atomic E-state index is 5.22. The quantitative estimate of drug-likeness (QED) is 0.719. The molecule has 0 unspecified atom stereocenters. The molecule has 0 bridgehead atoms. The predicted octanol–water partition coefficient (Wildman–Crippen LogP) is 2.64. The van der Waals surface area contributed by atoms with Gasteiger partial charge in [0.15, 0.2) is 0 Å². The van der Waals surface area contributed by atoms with E-state index in [1.165, 1.54) is 19.3 Å². The number of alkyl halides is 1. The van der Waals surface area contributed by atoms with Crippen LogP contribution in [0.3, 0.4) is 0 Å². The number of aromatic nitrogens is 2. The Hall–Kier alpha value is -1.04. The van der Waals surface area contributed by atoms with Gasteiger partial charge in [-0.1, -0.05) is 15.9 Å². The minimum atomic E-state index is 0.546. The number of methoxy groups -OCH3 is 2. The summed E-state index contributed by atoms with van der Waals surface area (Å²) in [7, 11) is 3.22. The summed E-state index contributed by atoms with van der Waals surface area (Å²) in [5.74, 6) is 1.80. The number of hydrogen-bond donors (Lipinski definition) is 0. The lowest BCUT2D eigenvalue weighted by molar-refractivity contribution is 0.358. The van der Waals surface area contributed by atoms with Gasteiger partial charge in [-0.3, -0.25) is 0 Å². The summed E-state index contributed by atoms with van der Waals surface area (Å²) in [5.41, 5.74) is 0. The van der Waals surface area contributed by atoms with Crippen molar-refractivity contribution < 1.29 is 9.47 Å². The first kappa shape index (κ1) is 14.4. The molecule has 19 heavy (non-hydrogen) atoms. The van der Waals surface area contributed by atoms with E-state index in [2.05, 4.69) is 30.8 Å². The highest BCUT2D eigenvalue weighted by Gasteiger charge is 2.27. The number of nitrogens with zero attached hydrogens (tertiary/aromatic N) is 3. The van der Waals surface area contributed by atoms with Gasteiger partial charge in [0.25, 0.3) is 0 Å². The van der Waals surface area contributed by atoms with Crippen LogP contribution < -0.4 is 14.4 Å². The largest absolute Gasteiger partial charge is 0.481 e. The molecule has 0 atom stereocenters. The Morgan fingerprint density at radius 2 is 1.89 bits per heavy atom. The molecule has 1 aromatic rings. The fourth-order valence-electron chi connectivity index (χ4n) is 2.10. The van der Waals surface area contributed by atoms with Gasteiger partial charge in [0.2, 0.25) is 17.7 Å². The van der Waals surface area contributed by atoms with Crippen molar-refractivity contribution in [2.45, 2.75) is 31.7 Å². The molecule has 1 aliphatic rings. The third-order valence-electron chi connectivity index (χ3n) is 3.39. The van der Waals surface area contributed by atoms with Crippen molar-refractivity contribution >= 4 is 21.9 Å². The molecule has 0 amide bonds. The standard InChI is InChI=1S/C13H20BrN3O2/c1-18-11-9-12(19-2)16-13(15-11)17(8-4-7-14)10-5-3-6-10/h9-10H,3-8H2,1-2H3. The van der Waals surface area contributed by atoms with Crippen LogP contribution in [0.4, 0.5) is 5.95 Å². The Morgan fingerprint density at radius 3 is 2.32 bits per heavy atom. The summed E-state index contributed by atoms with van der Waals surface area (Å²) < 4.78 is 10.4. The van der Waals surface area contributed by atoms with Crippen molar-refractivity contribution in [1.29, 1.82) is 0 Å². The van der Waals surface area contributed by atoms with Gasteiger partial charge in [-0.2, -0.15) is 9.97 Å². The highest BCUT2D eigenvalue weighted by Crippen LogP contribution is 2.30. The molecule has 1 heterocycles. The van der Waals surface area contributed by atoms with Gasteiger partial charge in [-0.05, 0) is 25.7 Å². The highest BCUT2D eigenvalue weighted by atomic mass is 79.9. The molecule has 5 nitrogen and oxygen atoms in total. The van der Waals surface area contributed by atoms with E-state index in [-0.39, 0.29) is 0 Å².